The molecule has 0 unspecified atom stereocenters. The Morgan fingerprint density at radius 3 is 2.88 bits per heavy atom. The highest BCUT2D eigenvalue weighted by molar-refractivity contribution is 7.89. The van der Waals surface area contributed by atoms with Crippen LogP contribution in [0.25, 0.3) is 0 Å². The van der Waals surface area contributed by atoms with E-state index in [4.69, 9.17) is 0 Å². The summed E-state index contributed by atoms with van der Waals surface area (Å²) in [5.41, 5.74) is 0. The first-order chi connectivity index (χ1) is 7.56. The summed E-state index contributed by atoms with van der Waals surface area (Å²) in [6.45, 7) is 3.87. The van der Waals surface area contributed by atoms with E-state index in [2.05, 4.69) is 9.71 Å². The highest BCUT2D eigenvalue weighted by Gasteiger charge is 2.31. The number of nitrogens with zero attached hydrogens (tertiary/aromatic N) is 2. The molecular weight excluding hydrogens is 226 g/mol. The first-order valence-corrected chi connectivity index (χ1v) is 7.12. The van der Waals surface area contributed by atoms with Crippen LogP contribution >= 0.6 is 0 Å². The van der Waals surface area contributed by atoms with Crippen molar-refractivity contribution in [2.75, 3.05) is 6.54 Å². The molecule has 1 fully saturated rings. The van der Waals surface area contributed by atoms with Gasteiger partial charge in [-0.3, -0.25) is 0 Å². The van der Waals surface area contributed by atoms with Crippen molar-refractivity contribution < 1.29 is 8.42 Å². The van der Waals surface area contributed by atoms with Crippen LogP contribution in [-0.2, 0) is 10.0 Å². The lowest BCUT2D eigenvalue weighted by Crippen LogP contribution is -2.29. The van der Waals surface area contributed by atoms with E-state index in [1.54, 1.807) is 20.0 Å². The van der Waals surface area contributed by atoms with Crippen LogP contribution in [0.4, 0.5) is 0 Å². The molecule has 0 bridgehead atoms. The van der Waals surface area contributed by atoms with E-state index in [-0.39, 0.29) is 0 Å². The Labute approximate surface area is 95.9 Å². The van der Waals surface area contributed by atoms with E-state index in [1.807, 2.05) is 10.8 Å². The summed E-state index contributed by atoms with van der Waals surface area (Å²) in [5, 5.41) is -0.594. The van der Waals surface area contributed by atoms with Crippen molar-refractivity contribution >= 4 is 10.0 Å². The van der Waals surface area contributed by atoms with Gasteiger partial charge in [-0.25, -0.2) is 18.1 Å². The average Bonchev–Trinajstić information content (AvgIpc) is 2.95. The minimum atomic E-state index is -3.29. The molecule has 90 valence electrons. The van der Waals surface area contributed by atoms with Gasteiger partial charge in [0, 0.05) is 25.0 Å². The molecule has 0 aliphatic heterocycles. The van der Waals surface area contributed by atoms with Crippen LogP contribution in [0.15, 0.2) is 12.4 Å². The fourth-order valence-corrected chi connectivity index (χ4v) is 2.88. The van der Waals surface area contributed by atoms with Crippen molar-refractivity contribution in [1.29, 1.82) is 0 Å². The molecule has 0 amide bonds. The monoisotopic (exact) mass is 243 g/mol. The molecule has 1 aliphatic carbocycles. The predicted octanol–water partition coefficient (Wildman–Crippen LogP) is 1.22. The van der Waals surface area contributed by atoms with Crippen molar-refractivity contribution in [2.24, 2.45) is 0 Å². The largest absolute Gasteiger partial charge is 0.331 e. The summed E-state index contributed by atoms with van der Waals surface area (Å²) in [7, 11) is -3.29. The van der Waals surface area contributed by atoms with Gasteiger partial charge in [-0.2, -0.15) is 0 Å². The Morgan fingerprint density at radius 2 is 2.31 bits per heavy atom. The molecule has 2 rings (SSSR count). The maximum Gasteiger partial charge on any atom is 0.221 e. The van der Waals surface area contributed by atoms with Gasteiger partial charge in [-0.15, -0.1) is 0 Å². The topological polar surface area (TPSA) is 64.0 Å². The zero-order valence-electron chi connectivity index (χ0n) is 9.55. The lowest BCUT2D eigenvalue weighted by atomic mass is 10.4. The summed E-state index contributed by atoms with van der Waals surface area (Å²) in [6.07, 6.45) is 5.78. The minimum Gasteiger partial charge on any atom is -0.331 e. The number of aromatic nitrogens is 2. The van der Waals surface area contributed by atoms with Gasteiger partial charge in [0.15, 0.2) is 0 Å². The first-order valence-electron chi connectivity index (χ1n) is 5.57. The smallest absolute Gasteiger partial charge is 0.221 e. The van der Waals surface area contributed by atoms with Gasteiger partial charge in [-0.05, 0) is 19.8 Å². The number of imidazole rings is 1. The van der Waals surface area contributed by atoms with Gasteiger partial charge in [0.25, 0.3) is 0 Å². The van der Waals surface area contributed by atoms with Gasteiger partial charge in [-0.1, -0.05) is 6.92 Å². The Bertz CT molecular complexity index is 462. The summed E-state index contributed by atoms with van der Waals surface area (Å²) < 4.78 is 28.2. The van der Waals surface area contributed by atoms with Crippen LogP contribution in [0.5, 0.6) is 0 Å². The summed E-state index contributed by atoms with van der Waals surface area (Å²) >= 11 is 0. The fourth-order valence-electron chi connectivity index (χ4n) is 1.77. The molecule has 0 saturated heterocycles. The van der Waals surface area contributed by atoms with Gasteiger partial charge in [0.1, 0.15) is 11.1 Å². The second kappa shape index (κ2) is 4.18. The third kappa shape index (κ3) is 2.12. The fraction of sp³-hybridized carbons (Fsp3) is 0.700. The van der Waals surface area contributed by atoms with E-state index in [0.29, 0.717) is 18.4 Å². The lowest BCUT2D eigenvalue weighted by molar-refractivity contribution is 0.563. The lowest BCUT2D eigenvalue weighted by Gasteiger charge is -2.14. The minimum absolute atomic E-state index is 0.414. The number of rotatable bonds is 5. The predicted molar refractivity (Wildman–Crippen MR) is 61.5 cm³/mol. The van der Waals surface area contributed by atoms with Crippen molar-refractivity contribution in [3.63, 3.8) is 0 Å². The molecule has 1 atom stereocenters. The molecule has 1 aromatic heterocycles. The van der Waals surface area contributed by atoms with Crippen LogP contribution in [0.3, 0.4) is 0 Å². The molecule has 1 heterocycles. The molecule has 1 N–H and O–H groups in total. The van der Waals surface area contributed by atoms with Gasteiger partial charge >= 0.3 is 0 Å². The molecule has 1 saturated carbocycles. The molecule has 16 heavy (non-hydrogen) atoms. The maximum atomic E-state index is 11.9. The van der Waals surface area contributed by atoms with Crippen molar-refractivity contribution in [3.05, 3.63) is 18.2 Å². The normalized spacial score (nSPS) is 18.6. The second-order valence-corrected chi connectivity index (χ2v) is 6.19. The van der Waals surface area contributed by atoms with E-state index in [0.717, 1.165) is 12.8 Å². The standard InChI is InChI=1S/C10H17N3O2S/c1-3-12-16(14,15)8(2)10-11-6-7-13(10)9-4-5-9/h6-9,12H,3-5H2,1-2H3/t8-/m1/s1. The quantitative estimate of drug-likeness (QED) is 0.845. The van der Waals surface area contributed by atoms with Crippen LogP contribution in [0.1, 0.15) is 43.8 Å². The van der Waals surface area contributed by atoms with Crippen LogP contribution < -0.4 is 4.72 Å². The highest BCUT2D eigenvalue weighted by Crippen LogP contribution is 2.37. The number of hydrogen-bond donors (Lipinski definition) is 1. The van der Waals surface area contributed by atoms with Crippen LogP contribution in [-0.4, -0.2) is 24.5 Å². The highest BCUT2D eigenvalue weighted by atomic mass is 32.2. The van der Waals surface area contributed by atoms with E-state index < -0.39 is 15.3 Å². The summed E-state index contributed by atoms with van der Waals surface area (Å²) in [6, 6.07) is 0.455. The van der Waals surface area contributed by atoms with Crippen molar-refractivity contribution in [3.8, 4) is 0 Å². The molecule has 6 heteroatoms. The van der Waals surface area contributed by atoms with E-state index in [9.17, 15) is 8.42 Å². The molecule has 0 spiro atoms. The first kappa shape index (κ1) is 11.6. The molecular formula is C10H17N3O2S. The van der Waals surface area contributed by atoms with Crippen molar-refractivity contribution in [1.82, 2.24) is 14.3 Å². The van der Waals surface area contributed by atoms with Crippen molar-refractivity contribution in [2.45, 2.75) is 38.0 Å². The Balaban J connectivity index is 2.26. The Kier molecular flexibility index (Phi) is 3.03. The molecule has 5 nitrogen and oxygen atoms in total. The van der Waals surface area contributed by atoms with Gasteiger partial charge in [0.2, 0.25) is 10.0 Å². The number of sulfonamides is 1. The molecule has 1 aromatic rings. The Morgan fingerprint density at radius 1 is 1.62 bits per heavy atom. The molecule has 0 radical (unpaired) electrons. The SMILES string of the molecule is CCNS(=O)(=O)[C@H](C)c1nccn1C1CC1. The maximum absolute atomic E-state index is 11.9. The van der Waals surface area contributed by atoms with Crippen LogP contribution in [0.2, 0.25) is 0 Å². The number of nitrogens with one attached hydrogen (secondary N) is 1. The third-order valence-corrected chi connectivity index (χ3v) is 4.65. The second-order valence-electron chi connectivity index (χ2n) is 4.11. The Hall–Kier alpha value is -0.880. The average molecular weight is 243 g/mol. The third-order valence-electron chi connectivity index (χ3n) is 2.81. The zero-order chi connectivity index (χ0) is 11.8. The van der Waals surface area contributed by atoms with E-state index >= 15 is 0 Å². The van der Waals surface area contributed by atoms with Gasteiger partial charge < -0.3 is 4.57 Å². The van der Waals surface area contributed by atoms with Crippen LogP contribution in [0, 0.1) is 0 Å². The summed E-state index contributed by atoms with van der Waals surface area (Å²) in [4.78, 5) is 4.17. The van der Waals surface area contributed by atoms with E-state index in [1.165, 1.54) is 0 Å². The summed E-state index contributed by atoms with van der Waals surface area (Å²) in [5.74, 6) is 0.642. The van der Waals surface area contributed by atoms with Gasteiger partial charge in [0.05, 0.1) is 0 Å². The molecule has 1 aliphatic rings. The zero-order valence-corrected chi connectivity index (χ0v) is 10.4. The molecule has 0 aromatic carbocycles. The number of hydrogen-bond acceptors (Lipinski definition) is 3.